The van der Waals surface area contributed by atoms with E-state index in [1.165, 1.54) is 19.2 Å². The molecule has 0 radical (unpaired) electrons. The number of rotatable bonds is 4. The van der Waals surface area contributed by atoms with Gasteiger partial charge in [-0.1, -0.05) is 0 Å². The van der Waals surface area contributed by atoms with Crippen LogP contribution in [0.5, 0.6) is 11.5 Å². The van der Waals surface area contributed by atoms with Gasteiger partial charge < -0.3 is 24.0 Å². The van der Waals surface area contributed by atoms with Crippen LogP contribution in [0.3, 0.4) is 0 Å². The van der Waals surface area contributed by atoms with E-state index in [2.05, 4.69) is 4.72 Å². The molecule has 0 aromatic heterocycles. The molecule has 4 rings (SSSR count). The highest BCUT2D eigenvalue weighted by atomic mass is 32.2. The fourth-order valence-electron chi connectivity index (χ4n) is 3.82. The van der Waals surface area contributed by atoms with Crippen LogP contribution in [0.1, 0.15) is 23.2 Å². The molecule has 2 aromatic rings. The first-order valence-electron chi connectivity index (χ1n) is 11.0. The number of ether oxygens (including phenoxy) is 3. The van der Waals surface area contributed by atoms with Crippen LogP contribution in [-0.2, 0) is 14.8 Å². The maximum atomic E-state index is 12.9. The minimum Gasteiger partial charge on any atom is -0.490 e. The number of hydrogen-bond donors (Lipinski definition) is 1. The van der Waals surface area contributed by atoms with E-state index in [0.717, 1.165) is 6.42 Å². The number of benzene rings is 2. The van der Waals surface area contributed by atoms with Gasteiger partial charge in [0.2, 0.25) is 0 Å². The molecule has 0 aliphatic carbocycles. The summed E-state index contributed by atoms with van der Waals surface area (Å²) in [6, 6.07) is 10.7. The van der Waals surface area contributed by atoms with Crippen molar-refractivity contribution < 1.29 is 32.2 Å². The summed E-state index contributed by atoms with van der Waals surface area (Å²) in [5, 5.41) is 0. The average molecular weight is 490 g/mol. The topological polar surface area (TPSA) is 114 Å². The predicted octanol–water partition coefficient (Wildman–Crippen LogP) is 2.56. The second kappa shape index (κ2) is 10.2. The van der Waals surface area contributed by atoms with Gasteiger partial charge in [0.05, 0.1) is 25.2 Å². The number of amides is 2. The van der Waals surface area contributed by atoms with Gasteiger partial charge in [0, 0.05) is 49.9 Å². The van der Waals surface area contributed by atoms with Crippen LogP contribution >= 0.6 is 0 Å². The normalized spacial score (nSPS) is 16.3. The monoisotopic (exact) mass is 489 g/mol. The van der Waals surface area contributed by atoms with Gasteiger partial charge in [0.15, 0.2) is 11.5 Å². The van der Waals surface area contributed by atoms with E-state index in [1.807, 2.05) is 0 Å². The Bertz CT molecular complexity index is 1150. The molecule has 2 aromatic carbocycles. The van der Waals surface area contributed by atoms with Crippen molar-refractivity contribution in [1.29, 1.82) is 0 Å². The van der Waals surface area contributed by atoms with E-state index in [4.69, 9.17) is 14.2 Å². The molecule has 1 fully saturated rings. The van der Waals surface area contributed by atoms with Crippen LogP contribution in [0.25, 0.3) is 0 Å². The van der Waals surface area contributed by atoms with Crippen molar-refractivity contribution in [2.45, 2.75) is 17.7 Å². The third-order valence-electron chi connectivity index (χ3n) is 5.63. The molecule has 0 unspecified atom stereocenters. The van der Waals surface area contributed by atoms with Gasteiger partial charge in [-0.3, -0.25) is 9.52 Å². The quantitative estimate of drug-likeness (QED) is 0.702. The highest BCUT2D eigenvalue weighted by molar-refractivity contribution is 7.92. The van der Waals surface area contributed by atoms with Crippen LogP contribution in [0.2, 0.25) is 0 Å². The molecule has 1 saturated heterocycles. The molecule has 182 valence electrons. The first-order valence-corrected chi connectivity index (χ1v) is 12.5. The van der Waals surface area contributed by atoms with Crippen molar-refractivity contribution in [2.75, 3.05) is 51.2 Å². The third-order valence-corrected chi connectivity index (χ3v) is 7.01. The van der Waals surface area contributed by atoms with Crippen LogP contribution in [-0.4, -0.2) is 76.7 Å². The van der Waals surface area contributed by atoms with Crippen molar-refractivity contribution in [3.63, 3.8) is 0 Å². The van der Waals surface area contributed by atoms with Crippen LogP contribution in [0.15, 0.2) is 47.4 Å². The van der Waals surface area contributed by atoms with Crippen molar-refractivity contribution in [3.8, 4) is 11.5 Å². The van der Waals surface area contributed by atoms with Crippen molar-refractivity contribution in [3.05, 3.63) is 48.0 Å². The summed E-state index contributed by atoms with van der Waals surface area (Å²) in [6.07, 6.45) is 0.967. The third kappa shape index (κ3) is 5.36. The lowest BCUT2D eigenvalue weighted by molar-refractivity contribution is 0.0757. The van der Waals surface area contributed by atoms with Gasteiger partial charge in [0.25, 0.3) is 15.9 Å². The molecule has 0 saturated carbocycles. The van der Waals surface area contributed by atoms with Gasteiger partial charge >= 0.3 is 6.09 Å². The predicted molar refractivity (Wildman–Crippen MR) is 124 cm³/mol. The zero-order valence-corrected chi connectivity index (χ0v) is 19.7. The summed E-state index contributed by atoms with van der Waals surface area (Å²) < 4.78 is 44.1. The molecule has 10 nitrogen and oxygen atoms in total. The molecule has 1 N–H and O–H groups in total. The van der Waals surface area contributed by atoms with Crippen molar-refractivity contribution in [1.82, 2.24) is 9.80 Å². The first-order chi connectivity index (χ1) is 16.4. The van der Waals surface area contributed by atoms with E-state index in [9.17, 15) is 18.0 Å². The lowest BCUT2D eigenvalue weighted by Crippen LogP contribution is -2.37. The van der Waals surface area contributed by atoms with Gasteiger partial charge in [-0.15, -0.1) is 0 Å². The molecule has 0 spiro atoms. The smallest absolute Gasteiger partial charge is 0.409 e. The summed E-state index contributed by atoms with van der Waals surface area (Å²) in [5.74, 6) is 0.732. The maximum absolute atomic E-state index is 12.9. The summed E-state index contributed by atoms with van der Waals surface area (Å²) in [4.78, 5) is 28.0. The van der Waals surface area contributed by atoms with Crippen LogP contribution in [0, 0.1) is 0 Å². The number of nitrogens with zero attached hydrogens (tertiary/aromatic N) is 2. The molecule has 2 amide bonds. The van der Waals surface area contributed by atoms with Gasteiger partial charge in [-0.25, -0.2) is 13.2 Å². The Labute approximate surface area is 198 Å². The van der Waals surface area contributed by atoms with Crippen LogP contribution < -0.4 is 14.2 Å². The number of anilines is 1. The number of hydrogen-bond acceptors (Lipinski definition) is 7. The Balaban J connectivity index is 1.42. The number of carbonyl (C=O) groups excluding carboxylic acids is 2. The molecule has 34 heavy (non-hydrogen) atoms. The second-order valence-corrected chi connectivity index (χ2v) is 9.63. The molecule has 2 aliphatic heterocycles. The van der Waals surface area contributed by atoms with E-state index < -0.39 is 16.1 Å². The second-order valence-electron chi connectivity index (χ2n) is 7.94. The van der Waals surface area contributed by atoms with Gasteiger partial charge in [0.1, 0.15) is 0 Å². The van der Waals surface area contributed by atoms with E-state index in [0.29, 0.717) is 68.6 Å². The van der Waals surface area contributed by atoms with E-state index in [1.54, 1.807) is 40.1 Å². The summed E-state index contributed by atoms with van der Waals surface area (Å²) in [6.45, 7) is 2.81. The number of nitrogens with one attached hydrogen (secondary N) is 1. The molecular weight excluding hydrogens is 462 g/mol. The largest absolute Gasteiger partial charge is 0.490 e. The zero-order valence-electron chi connectivity index (χ0n) is 18.9. The zero-order chi connectivity index (χ0) is 24.1. The number of sulfonamides is 1. The lowest BCUT2D eigenvalue weighted by Gasteiger charge is -2.21. The van der Waals surface area contributed by atoms with Gasteiger partial charge in [-0.2, -0.15) is 0 Å². The SMILES string of the molecule is COC(=O)N1CCCN(C(=O)c2ccc(NS(=O)(=O)c3ccc4c(c3)OCCCO4)cc2)CC1. The fraction of sp³-hybridized carbons (Fsp3) is 0.391. The number of fused-ring (bicyclic) bond motifs is 1. The molecular formula is C23H27N3O7S. The number of carbonyl (C=O) groups is 2. The van der Waals surface area contributed by atoms with E-state index >= 15 is 0 Å². The van der Waals surface area contributed by atoms with Crippen molar-refractivity contribution in [2.24, 2.45) is 0 Å². The summed E-state index contributed by atoms with van der Waals surface area (Å²) in [5.41, 5.74) is 0.765. The molecule has 11 heteroatoms. The Morgan fingerprint density at radius 3 is 2.29 bits per heavy atom. The molecule has 0 atom stereocenters. The van der Waals surface area contributed by atoms with Crippen molar-refractivity contribution >= 4 is 27.7 Å². The minimum absolute atomic E-state index is 0.0524. The Morgan fingerprint density at radius 1 is 0.882 bits per heavy atom. The maximum Gasteiger partial charge on any atom is 0.409 e. The lowest BCUT2D eigenvalue weighted by atomic mass is 10.2. The van der Waals surface area contributed by atoms with E-state index in [-0.39, 0.29) is 10.8 Å². The molecule has 2 heterocycles. The fourth-order valence-corrected chi connectivity index (χ4v) is 4.89. The average Bonchev–Trinajstić information content (AvgIpc) is 3.24. The highest BCUT2D eigenvalue weighted by Crippen LogP contribution is 2.32. The summed E-state index contributed by atoms with van der Waals surface area (Å²) >= 11 is 0. The highest BCUT2D eigenvalue weighted by Gasteiger charge is 2.24. The Kier molecular flexibility index (Phi) is 7.11. The Morgan fingerprint density at radius 2 is 1.56 bits per heavy atom. The number of methoxy groups -OCH3 is 1. The molecule has 0 bridgehead atoms. The van der Waals surface area contributed by atoms with Crippen LogP contribution in [0.4, 0.5) is 10.5 Å². The van der Waals surface area contributed by atoms with Gasteiger partial charge in [-0.05, 0) is 42.8 Å². The Hall–Kier alpha value is -3.47. The standard InChI is InChI=1S/C23H27N3O7S/c1-31-23(28)26-11-2-10-25(12-13-26)22(27)17-4-6-18(7-5-17)24-34(29,30)19-8-9-20-21(16-19)33-15-3-14-32-20/h4-9,16,24H,2-3,10-15H2,1H3. The molecule has 2 aliphatic rings. The minimum atomic E-state index is -3.86. The summed E-state index contributed by atoms with van der Waals surface area (Å²) in [7, 11) is -2.53. The first kappa shape index (κ1) is 23.7.